The van der Waals surface area contributed by atoms with E-state index in [-0.39, 0.29) is 23.3 Å². The summed E-state index contributed by atoms with van der Waals surface area (Å²) in [7, 11) is 0. The smallest absolute Gasteiger partial charge is 0.223 e. The summed E-state index contributed by atoms with van der Waals surface area (Å²) in [5, 5.41) is 7.11. The third-order valence-corrected chi connectivity index (χ3v) is 12.8. The molecule has 0 aromatic rings. The van der Waals surface area contributed by atoms with Gasteiger partial charge in [-0.25, -0.2) is 0 Å². The van der Waals surface area contributed by atoms with Crippen molar-refractivity contribution in [1.82, 2.24) is 10.6 Å². The molecule has 4 nitrogen and oxygen atoms in total. The molecule has 8 aliphatic rings. The first kappa shape index (κ1) is 21.2. The lowest BCUT2D eigenvalue weighted by molar-refractivity contribution is -0.156. The zero-order valence-electron chi connectivity index (χ0n) is 20.8. The van der Waals surface area contributed by atoms with Gasteiger partial charge in [0.2, 0.25) is 11.8 Å². The van der Waals surface area contributed by atoms with Gasteiger partial charge in [0.15, 0.2) is 0 Å². The molecule has 7 aliphatic carbocycles. The zero-order chi connectivity index (χ0) is 22.5. The molecule has 8 fully saturated rings. The molecular weight excluding hydrogens is 408 g/mol. The van der Waals surface area contributed by atoms with Crippen molar-refractivity contribution in [3.05, 3.63) is 0 Å². The highest BCUT2D eigenvalue weighted by Crippen LogP contribution is 2.65. The summed E-state index contributed by atoms with van der Waals surface area (Å²) < 4.78 is 0. The van der Waals surface area contributed by atoms with Crippen LogP contribution in [0.1, 0.15) is 97.3 Å². The summed E-state index contributed by atoms with van der Waals surface area (Å²) in [5.41, 5.74) is 0.603. The molecule has 0 spiro atoms. The molecule has 8 rings (SSSR count). The van der Waals surface area contributed by atoms with E-state index in [9.17, 15) is 9.59 Å². The van der Waals surface area contributed by atoms with Gasteiger partial charge < -0.3 is 10.6 Å². The van der Waals surface area contributed by atoms with Gasteiger partial charge in [0.25, 0.3) is 0 Å². The van der Waals surface area contributed by atoms with Crippen LogP contribution in [-0.2, 0) is 9.59 Å². The number of carbonyl (C=O) groups is 2. The molecule has 0 radical (unpaired) electrons. The second-order valence-corrected chi connectivity index (χ2v) is 14.3. The van der Waals surface area contributed by atoms with Gasteiger partial charge in [0, 0.05) is 24.4 Å². The Kier molecular flexibility index (Phi) is 4.65. The van der Waals surface area contributed by atoms with Gasteiger partial charge in [-0.2, -0.15) is 0 Å². The third kappa shape index (κ3) is 3.07. The SMILES string of the molecule is C[C@@]12CCC[C@H]1[C@@H]1[C@@H](C(=O)NC3C4CC5CC(C4)CC3C5)C[C@H]3NC(=O)CC[C@]3(C)[C@H]1CC2. The van der Waals surface area contributed by atoms with Crippen molar-refractivity contribution in [2.45, 2.75) is 109 Å². The van der Waals surface area contributed by atoms with Gasteiger partial charge in [0.05, 0.1) is 0 Å². The molecular formula is C29H44N2O2. The average molecular weight is 453 g/mol. The summed E-state index contributed by atoms with van der Waals surface area (Å²) >= 11 is 0. The van der Waals surface area contributed by atoms with E-state index >= 15 is 0 Å². The molecule has 4 heteroatoms. The molecule has 2 amide bonds. The molecule has 0 aromatic carbocycles. The number of hydrogen-bond donors (Lipinski definition) is 2. The Morgan fingerprint density at radius 2 is 1.64 bits per heavy atom. The van der Waals surface area contributed by atoms with Gasteiger partial charge in [-0.15, -0.1) is 0 Å². The monoisotopic (exact) mass is 452 g/mol. The first-order valence-corrected chi connectivity index (χ1v) is 14.4. The Balaban J connectivity index is 1.19. The predicted octanol–water partition coefficient (Wildman–Crippen LogP) is 5.06. The Morgan fingerprint density at radius 3 is 2.36 bits per heavy atom. The minimum Gasteiger partial charge on any atom is -0.353 e. The van der Waals surface area contributed by atoms with Gasteiger partial charge in [-0.05, 0) is 123 Å². The molecule has 1 heterocycles. The molecule has 4 bridgehead atoms. The Labute approximate surface area is 199 Å². The fourth-order valence-corrected chi connectivity index (χ4v) is 11.4. The van der Waals surface area contributed by atoms with Crippen LogP contribution in [0.2, 0.25) is 0 Å². The molecule has 7 saturated carbocycles. The number of hydrogen-bond acceptors (Lipinski definition) is 2. The van der Waals surface area contributed by atoms with Crippen LogP contribution in [0.25, 0.3) is 0 Å². The van der Waals surface area contributed by atoms with Crippen molar-refractivity contribution in [1.29, 1.82) is 0 Å². The first-order valence-electron chi connectivity index (χ1n) is 14.4. The van der Waals surface area contributed by atoms with Crippen LogP contribution in [0.4, 0.5) is 0 Å². The van der Waals surface area contributed by atoms with Crippen molar-refractivity contribution >= 4 is 11.8 Å². The fraction of sp³-hybridized carbons (Fsp3) is 0.931. The van der Waals surface area contributed by atoms with Crippen molar-refractivity contribution < 1.29 is 9.59 Å². The molecule has 2 N–H and O–H groups in total. The largest absolute Gasteiger partial charge is 0.353 e. The molecule has 0 aromatic heterocycles. The number of carbonyl (C=O) groups excluding carboxylic acids is 2. The quantitative estimate of drug-likeness (QED) is 0.615. The van der Waals surface area contributed by atoms with Crippen LogP contribution in [0.15, 0.2) is 0 Å². The van der Waals surface area contributed by atoms with Crippen LogP contribution in [-0.4, -0.2) is 23.9 Å². The first-order chi connectivity index (χ1) is 15.8. The van der Waals surface area contributed by atoms with E-state index < -0.39 is 0 Å². The number of nitrogens with one attached hydrogen (secondary N) is 2. The molecule has 0 unspecified atom stereocenters. The van der Waals surface area contributed by atoms with Crippen molar-refractivity contribution in [2.24, 2.45) is 58.2 Å². The summed E-state index contributed by atoms with van der Waals surface area (Å²) in [6, 6.07) is 0.608. The van der Waals surface area contributed by atoms with Crippen molar-refractivity contribution in [2.75, 3.05) is 0 Å². The lowest BCUT2D eigenvalue weighted by atomic mass is 9.45. The second-order valence-electron chi connectivity index (χ2n) is 14.3. The lowest BCUT2D eigenvalue weighted by Gasteiger charge is -2.62. The third-order valence-electron chi connectivity index (χ3n) is 12.8. The van der Waals surface area contributed by atoms with E-state index in [0.717, 1.165) is 36.5 Å². The molecule has 1 aliphatic heterocycles. The minimum atomic E-state index is 0.0892. The second kappa shape index (κ2) is 7.23. The zero-order valence-corrected chi connectivity index (χ0v) is 20.8. The maximum Gasteiger partial charge on any atom is 0.223 e. The summed E-state index contributed by atoms with van der Waals surface area (Å²) in [6.07, 6.45) is 16.0. The van der Waals surface area contributed by atoms with Gasteiger partial charge in [-0.3, -0.25) is 9.59 Å². The summed E-state index contributed by atoms with van der Waals surface area (Å²) in [5.74, 6) is 5.79. The number of rotatable bonds is 2. The van der Waals surface area contributed by atoms with Crippen molar-refractivity contribution in [3.8, 4) is 0 Å². The van der Waals surface area contributed by atoms with Gasteiger partial charge >= 0.3 is 0 Å². The fourth-order valence-electron chi connectivity index (χ4n) is 11.4. The van der Waals surface area contributed by atoms with Crippen molar-refractivity contribution in [3.63, 3.8) is 0 Å². The van der Waals surface area contributed by atoms with E-state index in [2.05, 4.69) is 24.5 Å². The topological polar surface area (TPSA) is 58.2 Å². The average Bonchev–Trinajstić information content (AvgIpc) is 3.17. The predicted molar refractivity (Wildman–Crippen MR) is 128 cm³/mol. The van der Waals surface area contributed by atoms with Crippen LogP contribution in [0, 0.1) is 58.2 Å². The highest BCUT2D eigenvalue weighted by molar-refractivity contribution is 5.81. The van der Waals surface area contributed by atoms with E-state index in [1.165, 1.54) is 64.2 Å². The molecule has 7 atom stereocenters. The summed E-state index contributed by atoms with van der Waals surface area (Å²) in [4.78, 5) is 26.6. The minimum absolute atomic E-state index is 0.0892. The van der Waals surface area contributed by atoms with E-state index in [1.54, 1.807) is 0 Å². The van der Waals surface area contributed by atoms with Crippen LogP contribution in [0.3, 0.4) is 0 Å². The van der Waals surface area contributed by atoms with Crippen LogP contribution < -0.4 is 10.6 Å². The van der Waals surface area contributed by atoms with Crippen LogP contribution in [0.5, 0.6) is 0 Å². The highest BCUT2D eigenvalue weighted by Gasteiger charge is 2.62. The number of piperidine rings is 1. The van der Waals surface area contributed by atoms with E-state index in [0.29, 0.717) is 41.5 Å². The Bertz CT molecular complexity index is 827. The maximum atomic E-state index is 14.2. The maximum absolute atomic E-state index is 14.2. The molecule has 182 valence electrons. The number of fused-ring (bicyclic) bond motifs is 5. The Hall–Kier alpha value is -1.06. The lowest BCUT2D eigenvalue weighted by Crippen LogP contribution is -2.65. The van der Waals surface area contributed by atoms with Gasteiger partial charge in [0.1, 0.15) is 0 Å². The van der Waals surface area contributed by atoms with E-state index in [1.807, 2.05) is 0 Å². The molecule has 1 saturated heterocycles. The van der Waals surface area contributed by atoms with E-state index in [4.69, 9.17) is 0 Å². The molecule has 33 heavy (non-hydrogen) atoms. The van der Waals surface area contributed by atoms with Crippen LogP contribution >= 0.6 is 0 Å². The highest BCUT2D eigenvalue weighted by atomic mass is 16.2. The standard InChI is InChI=1S/C29H44N2O2/c1-28-7-3-4-21(28)25-20(15-23-29(2,22(25)5-8-28)9-6-24(32)30-23)27(33)31-26-18-11-16-10-17(13-18)14-19(26)12-16/h16-23,25-26H,3-15H2,1-2H3,(H,30,32)(H,31,33)/t16?,17?,18?,19?,20-,21-,22-,23+,25-,26?,28-,29+/m0/s1. The Morgan fingerprint density at radius 1 is 0.909 bits per heavy atom. The normalized spacial score (nSPS) is 56.5. The van der Waals surface area contributed by atoms with Gasteiger partial charge in [-0.1, -0.05) is 20.3 Å². The number of amides is 2. The summed E-state index contributed by atoms with van der Waals surface area (Å²) in [6.45, 7) is 4.99.